The van der Waals surface area contributed by atoms with Crippen LogP contribution in [0.4, 0.5) is 11.4 Å². The second-order valence-corrected chi connectivity index (χ2v) is 5.69. The van der Waals surface area contributed by atoms with Crippen molar-refractivity contribution in [1.82, 2.24) is 0 Å². The van der Waals surface area contributed by atoms with Crippen LogP contribution in [0.25, 0.3) is 0 Å². The van der Waals surface area contributed by atoms with E-state index in [9.17, 15) is 4.79 Å². The van der Waals surface area contributed by atoms with Crippen LogP contribution < -0.4 is 11.1 Å². The Morgan fingerprint density at radius 1 is 1.47 bits per heavy atom. The molecule has 1 saturated heterocycles. The lowest BCUT2D eigenvalue weighted by Crippen LogP contribution is -2.28. The molecule has 1 aliphatic rings. The summed E-state index contributed by atoms with van der Waals surface area (Å²) >= 11 is 1.75. The maximum atomic E-state index is 12.1. The minimum atomic E-state index is 0.0859. The zero-order valence-corrected chi connectivity index (χ0v) is 10.8. The fourth-order valence-corrected chi connectivity index (χ4v) is 3.21. The molecule has 0 spiro atoms. The van der Waals surface area contributed by atoms with Gasteiger partial charge in [0, 0.05) is 0 Å². The van der Waals surface area contributed by atoms with Crippen molar-refractivity contribution in [3.05, 3.63) is 23.8 Å². The molecule has 0 aromatic heterocycles. The van der Waals surface area contributed by atoms with Crippen LogP contribution in [0.5, 0.6) is 0 Å². The number of benzene rings is 1. The van der Waals surface area contributed by atoms with Gasteiger partial charge in [0.1, 0.15) is 0 Å². The molecule has 0 aliphatic carbocycles. The van der Waals surface area contributed by atoms with Gasteiger partial charge in [-0.1, -0.05) is 18.6 Å². The molecule has 1 amide bonds. The van der Waals surface area contributed by atoms with Gasteiger partial charge in [-0.3, -0.25) is 4.79 Å². The van der Waals surface area contributed by atoms with Gasteiger partial charge in [0.15, 0.2) is 0 Å². The molecule has 3 N–H and O–H groups in total. The van der Waals surface area contributed by atoms with Crippen molar-refractivity contribution in [1.29, 1.82) is 0 Å². The molecule has 0 radical (unpaired) electrons. The van der Waals surface area contributed by atoms with Gasteiger partial charge in [-0.25, -0.2) is 0 Å². The molecule has 1 aromatic carbocycles. The summed E-state index contributed by atoms with van der Waals surface area (Å²) in [6.07, 6.45) is 3.34. The normalized spacial score (nSPS) is 19.9. The van der Waals surface area contributed by atoms with Crippen molar-refractivity contribution in [2.24, 2.45) is 0 Å². The average Bonchev–Trinajstić information content (AvgIpc) is 2.35. The number of amides is 1. The Morgan fingerprint density at radius 3 is 2.94 bits per heavy atom. The first-order chi connectivity index (χ1) is 8.18. The summed E-state index contributed by atoms with van der Waals surface area (Å²) < 4.78 is 0. The van der Waals surface area contributed by atoms with Gasteiger partial charge < -0.3 is 11.1 Å². The first kappa shape index (κ1) is 12.3. The predicted octanol–water partition coefficient (Wildman–Crippen LogP) is 2.80. The highest BCUT2D eigenvalue weighted by Crippen LogP contribution is 2.28. The number of aryl methyl sites for hydroxylation is 1. The molecule has 2 rings (SSSR count). The Morgan fingerprint density at radius 2 is 2.29 bits per heavy atom. The Hall–Kier alpha value is -1.16. The van der Waals surface area contributed by atoms with Crippen LogP contribution in [0.1, 0.15) is 24.8 Å². The molecule has 0 saturated carbocycles. The highest BCUT2D eigenvalue weighted by Gasteiger charge is 2.22. The van der Waals surface area contributed by atoms with E-state index in [-0.39, 0.29) is 11.2 Å². The Bertz CT molecular complexity index is 394. The van der Waals surface area contributed by atoms with E-state index in [4.69, 9.17) is 5.73 Å². The summed E-state index contributed by atoms with van der Waals surface area (Å²) in [5.74, 6) is 1.18. The number of para-hydroxylation sites is 1. The summed E-state index contributed by atoms with van der Waals surface area (Å²) in [7, 11) is 0. The second-order valence-electron chi connectivity index (χ2n) is 4.38. The SMILES string of the molecule is Cc1cccc(N)c1NC(=O)C1CCCCS1. The molecule has 1 atom stereocenters. The lowest BCUT2D eigenvalue weighted by molar-refractivity contribution is -0.115. The van der Waals surface area contributed by atoms with Crippen LogP contribution in [0.2, 0.25) is 0 Å². The number of carbonyl (C=O) groups excluding carboxylic acids is 1. The van der Waals surface area contributed by atoms with Crippen LogP contribution in [0.15, 0.2) is 18.2 Å². The van der Waals surface area contributed by atoms with Crippen LogP contribution >= 0.6 is 11.8 Å². The largest absolute Gasteiger partial charge is 0.397 e. The van der Waals surface area contributed by atoms with Crippen molar-refractivity contribution < 1.29 is 4.79 Å². The third-order valence-corrected chi connectivity index (χ3v) is 4.40. The molecule has 3 nitrogen and oxygen atoms in total. The molecule has 1 aromatic rings. The van der Waals surface area contributed by atoms with Crippen LogP contribution in [-0.2, 0) is 4.79 Å². The quantitative estimate of drug-likeness (QED) is 0.794. The first-order valence-electron chi connectivity index (χ1n) is 5.96. The Labute approximate surface area is 106 Å². The van der Waals surface area contributed by atoms with Gasteiger partial charge in [0.25, 0.3) is 0 Å². The third-order valence-electron chi connectivity index (χ3n) is 3.03. The molecule has 4 heteroatoms. The van der Waals surface area contributed by atoms with E-state index in [1.807, 2.05) is 25.1 Å². The standard InChI is InChI=1S/C13H18N2OS/c1-9-5-4-6-10(14)12(9)15-13(16)11-7-2-3-8-17-11/h4-6,11H,2-3,7-8,14H2,1H3,(H,15,16). The summed E-state index contributed by atoms with van der Waals surface area (Å²) in [6.45, 7) is 1.96. The topological polar surface area (TPSA) is 55.1 Å². The monoisotopic (exact) mass is 250 g/mol. The molecule has 1 unspecified atom stereocenters. The summed E-state index contributed by atoms with van der Waals surface area (Å²) in [5.41, 5.74) is 8.30. The number of rotatable bonds is 2. The molecule has 1 heterocycles. The molecular formula is C13H18N2OS. The van der Waals surface area contributed by atoms with Crippen molar-refractivity contribution >= 4 is 29.0 Å². The Kier molecular flexibility index (Phi) is 3.94. The number of nitrogen functional groups attached to an aromatic ring is 1. The minimum absolute atomic E-state index is 0.0859. The van der Waals surface area contributed by atoms with Crippen molar-refractivity contribution in [2.45, 2.75) is 31.4 Å². The maximum absolute atomic E-state index is 12.1. The molecule has 1 aliphatic heterocycles. The third kappa shape index (κ3) is 2.94. The number of nitrogens with two attached hydrogens (primary N) is 1. The lowest BCUT2D eigenvalue weighted by atomic mass is 10.1. The summed E-state index contributed by atoms with van der Waals surface area (Å²) in [4.78, 5) is 12.1. The number of thioether (sulfide) groups is 1. The lowest BCUT2D eigenvalue weighted by Gasteiger charge is -2.21. The molecular weight excluding hydrogens is 232 g/mol. The van der Waals surface area contributed by atoms with Crippen LogP contribution in [-0.4, -0.2) is 16.9 Å². The second kappa shape index (κ2) is 5.45. The smallest absolute Gasteiger partial charge is 0.237 e. The molecule has 1 fully saturated rings. The van der Waals surface area contributed by atoms with E-state index in [0.717, 1.165) is 29.8 Å². The first-order valence-corrected chi connectivity index (χ1v) is 7.01. The van der Waals surface area contributed by atoms with E-state index >= 15 is 0 Å². The molecule has 17 heavy (non-hydrogen) atoms. The summed E-state index contributed by atoms with van der Waals surface area (Å²) in [6, 6.07) is 5.67. The summed E-state index contributed by atoms with van der Waals surface area (Å²) in [5, 5.41) is 3.05. The van der Waals surface area contributed by atoms with E-state index in [2.05, 4.69) is 5.32 Å². The van der Waals surface area contributed by atoms with Crippen molar-refractivity contribution in [3.63, 3.8) is 0 Å². The van der Waals surface area contributed by atoms with Gasteiger partial charge >= 0.3 is 0 Å². The van der Waals surface area contributed by atoms with Gasteiger partial charge in [0.2, 0.25) is 5.91 Å². The van der Waals surface area contributed by atoms with E-state index in [0.29, 0.717) is 5.69 Å². The number of nitrogens with one attached hydrogen (secondary N) is 1. The van der Waals surface area contributed by atoms with Gasteiger partial charge in [-0.05, 0) is 37.1 Å². The van der Waals surface area contributed by atoms with Crippen LogP contribution in [0, 0.1) is 6.92 Å². The number of carbonyl (C=O) groups is 1. The molecule has 92 valence electrons. The van der Waals surface area contributed by atoms with Crippen molar-refractivity contribution in [2.75, 3.05) is 16.8 Å². The zero-order chi connectivity index (χ0) is 12.3. The highest BCUT2D eigenvalue weighted by molar-refractivity contribution is 8.00. The number of anilines is 2. The van der Waals surface area contributed by atoms with Gasteiger partial charge in [0.05, 0.1) is 16.6 Å². The number of hydrogen-bond acceptors (Lipinski definition) is 3. The fourth-order valence-electron chi connectivity index (χ4n) is 2.01. The van der Waals surface area contributed by atoms with Crippen LogP contribution in [0.3, 0.4) is 0 Å². The zero-order valence-electron chi connectivity index (χ0n) is 10.0. The van der Waals surface area contributed by atoms with E-state index in [1.165, 1.54) is 6.42 Å². The van der Waals surface area contributed by atoms with Gasteiger partial charge in [-0.15, -0.1) is 11.8 Å². The molecule has 0 bridgehead atoms. The predicted molar refractivity (Wildman–Crippen MR) is 74.3 cm³/mol. The fraction of sp³-hybridized carbons (Fsp3) is 0.462. The Balaban J connectivity index is 2.07. The van der Waals surface area contributed by atoms with E-state index in [1.54, 1.807) is 11.8 Å². The van der Waals surface area contributed by atoms with E-state index < -0.39 is 0 Å². The van der Waals surface area contributed by atoms with Crippen molar-refractivity contribution in [3.8, 4) is 0 Å². The highest BCUT2D eigenvalue weighted by atomic mass is 32.2. The van der Waals surface area contributed by atoms with Gasteiger partial charge in [-0.2, -0.15) is 0 Å². The average molecular weight is 250 g/mol. The maximum Gasteiger partial charge on any atom is 0.237 e. The number of hydrogen-bond donors (Lipinski definition) is 2. The minimum Gasteiger partial charge on any atom is -0.397 e.